The number of halogens is 6. The van der Waals surface area contributed by atoms with Gasteiger partial charge < -0.3 is 29.7 Å². The number of carbonyl (C=O) groups is 4. The molecule has 15 nitrogen and oxygen atoms in total. The molecule has 0 spiro atoms. The number of hydrogen-bond acceptors (Lipinski definition) is 11. The van der Waals surface area contributed by atoms with Gasteiger partial charge in [0.1, 0.15) is 29.5 Å². The zero-order valence-electron chi connectivity index (χ0n) is 35.6. The minimum atomic E-state index is -5.10. The highest BCUT2D eigenvalue weighted by molar-refractivity contribution is 7.91. The van der Waals surface area contributed by atoms with E-state index in [1.165, 1.54) is 18.2 Å². The Labute approximate surface area is 360 Å². The van der Waals surface area contributed by atoms with Crippen LogP contribution in [0.4, 0.5) is 31.1 Å². The molecular formula is C41H52F6N6O9S. The molecule has 3 fully saturated rings. The van der Waals surface area contributed by atoms with Crippen LogP contribution >= 0.6 is 0 Å². The molecule has 348 valence electrons. The fourth-order valence-electron chi connectivity index (χ4n) is 7.95. The van der Waals surface area contributed by atoms with Gasteiger partial charge in [-0.25, -0.2) is 23.2 Å². The number of allylic oxidation sites excluding steroid dienone is 1. The molecule has 4 amide bonds. The molecule has 6 rings (SSSR count). The van der Waals surface area contributed by atoms with Crippen LogP contribution in [0.25, 0.3) is 11.0 Å². The first-order chi connectivity index (χ1) is 29.2. The molecule has 1 aromatic heterocycles. The van der Waals surface area contributed by atoms with Crippen molar-refractivity contribution in [1.82, 2.24) is 30.2 Å². The molecule has 2 saturated carbocycles. The fourth-order valence-corrected chi connectivity index (χ4v) is 9.31. The predicted molar refractivity (Wildman–Crippen MR) is 213 cm³/mol. The quantitative estimate of drug-likeness (QED) is 0.184. The van der Waals surface area contributed by atoms with Crippen molar-refractivity contribution in [2.45, 2.75) is 146 Å². The minimum Gasteiger partial charge on any atom is -0.491 e. The largest absolute Gasteiger partial charge is 0.491 e. The molecular weight excluding hydrogens is 867 g/mol. The molecule has 63 heavy (non-hydrogen) atoms. The number of amides is 4. The van der Waals surface area contributed by atoms with E-state index >= 15 is 0 Å². The number of ether oxygens (including phenoxy) is 3. The number of fused-ring (bicyclic) bond motifs is 3. The summed E-state index contributed by atoms with van der Waals surface area (Å²) in [5.41, 5.74) is -6.48. The Morgan fingerprint density at radius 1 is 1.03 bits per heavy atom. The molecule has 0 bridgehead atoms. The highest BCUT2D eigenvalue weighted by atomic mass is 32.2. The molecule has 2 aliphatic carbocycles. The highest BCUT2D eigenvalue weighted by Crippen LogP contribution is 2.46. The number of aromatic nitrogens is 2. The van der Waals surface area contributed by atoms with Crippen LogP contribution in [0, 0.1) is 17.8 Å². The Morgan fingerprint density at radius 2 is 1.73 bits per heavy atom. The van der Waals surface area contributed by atoms with E-state index in [0.29, 0.717) is 39.5 Å². The monoisotopic (exact) mass is 918 g/mol. The molecule has 0 unspecified atom stereocenters. The third-order valence-corrected chi connectivity index (χ3v) is 13.6. The maximum absolute atomic E-state index is 14.9. The number of hydrogen-bond donors (Lipinski definition) is 3. The average Bonchev–Trinajstić information content (AvgIpc) is 4.09. The van der Waals surface area contributed by atoms with E-state index in [-0.39, 0.29) is 48.1 Å². The SMILES string of the molecule is CC[C@@H]1C[C@H](C)CC/C=C\[C@@H]2C[C@@]2(C(=O)NS(=O)(=O)C2CC2)NC(=O)[C@@H]2C[C@@H](Oc3nc4cc(OC(C)C)ccc4nc3C(F)(F)F)CN2C(=O)[C@H]1NC(=O)OC(C)(C)C(F)(F)F. The first-order valence-electron chi connectivity index (χ1n) is 20.9. The number of carbonyl (C=O) groups excluding carboxylic acids is 4. The lowest BCUT2D eigenvalue weighted by molar-refractivity contribution is -0.244. The maximum Gasteiger partial charge on any atom is 0.438 e. The zero-order valence-corrected chi connectivity index (χ0v) is 36.4. The van der Waals surface area contributed by atoms with Crippen molar-refractivity contribution >= 4 is 44.9 Å². The maximum atomic E-state index is 14.9. The number of nitrogens with one attached hydrogen (secondary N) is 3. The van der Waals surface area contributed by atoms with E-state index in [9.17, 15) is 53.9 Å². The lowest BCUT2D eigenvalue weighted by Gasteiger charge is -2.35. The van der Waals surface area contributed by atoms with Crippen LogP contribution in [-0.2, 0) is 35.3 Å². The highest BCUT2D eigenvalue weighted by Gasteiger charge is 2.62. The lowest BCUT2D eigenvalue weighted by Crippen LogP contribution is -2.59. The van der Waals surface area contributed by atoms with E-state index in [2.05, 4.69) is 25.3 Å². The molecule has 7 atom stereocenters. The number of alkyl halides is 6. The average molecular weight is 919 g/mol. The van der Waals surface area contributed by atoms with Crippen LogP contribution in [0.15, 0.2) is 30.4 Å². The van der Waals surface area contributed by atoms with Gasteiger partial charge in [0.2, 0.25) is 39.0 Å². The van der Waals surface area contributed by atoms with Gasteiger partial charge in [0.25, 0.3) is 5.91 Å². The van der Waals surface area contributed by atoms with Crippen LogP contribution < -0.4 is 24.8 Å². The summed E-state index contributed by atoms with van der Waals surface area (Å²) in [6, 6.07) is 0.825. The van der Waals surface area contributed by atoms with Crippen LogP contribution in [-0.4, -0.2) is 101 Å². The number of sulfonamides is 1. The first kappa shape index (κ1) is 47.6. The molecule has 2 aromatic rings. The van der Waals surface area contributed by atoms with Crippen molar-refractivity contribution in [2.24, 2.45) is 17.8 Å². The Hall–Kier alpha value is -4.89. The van der Waals surface area contributed by atoms with Gasteiger partial charge in [0.05, 0.1) is 28.9 Å². The van der Waals surface area contributed by atoms with Crippen molar-refractivity contribution in [2.75, 3.05) is 6.54 Å². The molecule has 22 heteroatoms. The summed E-state index contributed by atoms with van der Waals surface area (Å²) in [5, 5.41) is 4.15. The first-order valence-corrected chi connectivity index (χ1v) is 22.4. The molecule has 0 radical (unpaired) electrons. The summed E-state index contributed by atoms with van der Waals surface area (Å²) in [6.07, 6.45) is -8.35. The summed E-state index contributed by atoms with van der Waals surface area (Å²) >= 11 is 0. The molecule has 1 aromatic carbocycles. The Bertz CT molecular complexity index is 2240. The van der Waals surface area contributed by atoms with Gasteiger partial charge in [-0.2, -0.15) is 26.3 Å². The molecule has 4 aliphatic rings. The van der Waals surface area contributed by atoms with Gasteiger partial charge in [-0.1, -0.05) is 32.4 Å². The summed E-state index contributed by atoms with van der Waals surface area (Å²) in [5.74, 6) is -5.30. The summed E-state index contributed by atoms with van der Waals surface area (Å²) < 4.78 is 129. The standard InChI is InChI=1S/C41H52F6N6O9S/c1-7-23-16-22(4)10-8-9-11-24-19-39(24,36(56)52-63(58,59)27-13-14-27)51-33(54)30-18-26(20-53(30)35(55)31(23)50-37(57)62-38(5,6)41(45,46)47)61-34-32(40(42,43)44)48-28-15-12-25(60-21(2)3)17-29(28)49-34/h9,11-12,15,17,21-24,26-27,30-31H,7-8,10,13-14,16,18-20H2,1-6H3,(H,50,57)(H,51,54)(H,52,56)/b11-9-/t22-,23-,24-,26-,30+,31+,39-/m1/s1. The number of alkyl carbamates (subject to hydrolysis) is 1. The zero-order chi connectivity index (χ0) is 46.4. The van der Waals surface area contributed by atoms with Gasteiger partial charge in [-0.05, 0) is 90.2 Å². The number of benzene rings is 1. The fraction of sp³-hybridized carbons (Fsp3) is 0.659. The van der Waals surface area contributed by atoms with Gasteiger partial charge >= 0.3 is 18.4 Å². The summed E-state index contributed by atoms with van der Waals surface area (Å²) in [6.45, 7) is 7.69. The van der Waals surface area contributed by atoms with E-state index in [1.54, 1.807) is 32.9 Å². The van der Waals surface area contributed by atoms with Crippen LogP contribution in [0.1, 0.15) is 98.6 Å². The normalized spacial score (nSPS) is 27.9. The van der Waals surface area contributed by atoms with E-state index in [1.807, 2.05) is 6.92 Å². The smallest absolute Gasteiger partial charge is 0.438 e. The molecule has 3 heterocycles. The Balaban J connectivity index is 1.40. The predicted octanol–water partition coefficient (Wildman–Crippen LogP) is 6.11. The van der Waals surface area contributed by atoms with Crippen LogP contribution in [0.5, 0.6) is 11.6 Å². The summed E-state index contributed by atoms with van der Waals surface area (Å²) in [4.78, 5) is 65.3. The van der Waals surface area contributed by atoms with Gasteiger partial charge in [0, 0.05) is 18.4 Å². The van der Waals surface area contributed by atoms with E-state index in [4.69, 9.17) is 14.2 Å². The third-order valence-electron chi connectivity index (χ3n) is 11.8. The third kappa shape index (κ3) is 10.7. The lowest BCUT2D eigenvalue weighted by atomic mass is 9.85. The number of rotatable bonds is 10. The van der Waals surface area contributed by atoms with E-state index in [0.717, 1.165) is 4.90 Å². The van der Waals surface area contributed by atoms with Crippen LogP contribution in [0.2, 0.25) is 0 Å². The second kappa shape index (κ2) is 17.6. The van der Waals surface area contributed by atoms with Crippen molar-refractivity contribution < 1.29 is 68.1 Å². The number of nitrogens with zero attached hydrogens (tertiary/aromatic N) is 3. The second-order valence-electron chi connectivity index (χ2n) is 17.7. The van der Waals surface area contributed by atoms with Gasteiger partial charge in [-0.3, -0.25) is 19.1 Å². The Kier molecular flexibility index (Phi) is 13.3. The van der Waals surface area contributed by atoms with Crippen molar-refractivity contribution in [3.8, 4) is 11.6 Å². The molecule has 1 saturated heterocycles. The van der Waals surface area contributed by atoms with Crippen molar-refractivity contribution in [1.29, 1.82) is 0 Å². The van der Waals surface area contributed by atoms with Crippen molar-refractivity contribution in [3.63, 3.8) is 0 Å². The second-order valence-corrected chi connectivity index (χ2v) is 19.6. The molecule has 2 aliphatic heterocycles. The minimum absolute atomic E-state index is 0.0234. The van der Waals surface area contributed by atoms with E-state index < -0.39 is 117 Å². The van der Waals surface area contributed by atoms with Gasteiger partial charge in [-0.15, -0.1) is 0 Å². The summed E-state index contributed by atoms with van der Waals surface area (Å²) in [7, 11) is -4.09. The van der Waals surface area contributed by atoms with Gasteiger partial charge in [0.15, 0.2) is 0 Å². The Morgan fingerprint density at radius 3 is 2.35 bits per heavy atom. The molecule has 3 N–H and O–H groups in total. The van der Waals surface area contributed by atoms with Crippen LogP contribution in [0.3, 0.4) is 0 Å². The van der Waals surface area contributed by atoms with Crippen molar-refractivity contribution in [3.05, 3.63) is 36.0 Å². The topological polar surface area (TPSA) is 195 Å².